The van der Waals surface area contributed by atoms with Crippen LogP contribution in [0.25, 0.3) is 0 Å². The molecule has 0 aliphatic heterocycles. The number of hydrogen-bond donors (Lipinski definition) is 2. The molecule has 0 aliphatic carbocycles. The largest absolute Gasteiger partial charge is 0.503 e. The van der Waals surface area contributed by atoms with Crippen LogP contribution >= 0.6 is 0 Å². The normalized spacial score (nSPS) is 13.4. The molecular formula is C22H26N2O7. The first-order chi connectivity index (χ1) is 14.8. The maximum Gasteiger partial charge on any atom is 0.328 e. The van der Waals surface area contributed by atoms with Gasteiger partial charge in [0, 0.05) is 12.3 Å². The second-order valence-electron chi connectivity index (χ2n) is 6.87. The summed E-state index contributed by atoms with van der Waals surface area (Å²) in [7, 11) is 2.61. The average molecular weight is 430 g/mol. The predicted molar refractivity (Wildman–Crippen MR) is 111 cm³/mol. The standard InChI is InChI=1S/C22H26N2O7/c1-13(24-20(26)18-19(25)17(29-3)10-11-23-18)21(27)31-14(2)16(22(28)30-4)12-15-8-6-5-7-9-15/h5-11,13-14,16,25H,12H2,1-4H3,(H,24,26)/t13-,14-,16-/m0/s1. The van der Waals surface area contributed by atoms with Gasteiger partial charge in [-0.2, -0.15) is 0 Å². The smallest absolute Gasteiger partial charge is 0.328 e. The second-order valence-corrected chi connectivity index (χ2v) is 6.87. The van der Waals surface area contributed by atoms with Crippen LogP contribution in [-0.2, 0) is 25.5 Å². The van der Waals surface area contributed by atoms with E-state index in [1.54, 1.807) is 6.92 Å². The zero-order valence-corrected chi connectivity index (χ0v) is 17.8. The number of rotatable bonds is 9. The van der Waals surface area contributed by atoms with Crippen LogP contribution in [0.3, 0.4) is 0 Å². The number of nitrogens with one attached hydrogen (secondary N) is 1. The molecule has 9 heteroatoms. The van der Waals surface area contributed by atoms with E-state index in [1.165, 1.54) is 33.4 Å². The summed E-state index contributed by atoms with van der Waals surface area (Å²) in [6, 6.07) is 9.62. The number of carbonyl (C=O) groups excluding carboxylic acids is 3. The topological polar surface area (TPSA) is 124 Å². The highest BCUT2D eigenvalue weighted by Crippen LogP contribution is 2.27. The molecule has 2 N–H and O–H groups in total. The number of methoxy groups -OCH3 is 2. The highest BCUT2D eigenvalue weighted by molar-refractivity contribution is 5.97. The van der Waals surface area contributed by atoms with Crippen LogP contribution in [0.2, 0.25) is 0 Å². The summed E-state index contributed by atoms with van der Waals surface area (Å²) in [6.45, 7) is 3.01. The first-order valence-electron chi connectivity index (χ1n) is 9.63. The molecule has 0 aliphatic rings. The number of amides is 1. The quantitative estimate of drug-likeness (QED) is 0.578. The summed E-state index contributed by atoms with van der Waals surface area (Å²) in [5.41, 5.74) is 0.602. The van der Waals surface area contributed by atoms with Crippen molar-refractivity contribution < 1.29 is 33.7 Å². The summed E-state index contributed by atoms with van der Waals surface area (Å²) < 4.78 is 15.2. The van der Waals surface area contributed by atoms with Gasteiger partial charge in [-0.25, -0.2) is 9.78 Å². The van der Waals surface area contributed by atoms with Crippen molar-refractivity contribution in [1.82, 2.24) is 10.3 Å². The fourth-order valence-electron chi connectivity index (χ4n) is 2.92. The molecule has 0 saturated carbocycles. The van der Waals surface area contributed by atoms with Crippen LogP contribution in [-0.4, -0.2) is 54.3 Å². The molecule has 166 valence electrons. The van der Waals surface area contributed by atoms with E-state index in [4.69, 9.17) is 14.2 Å². The Kier molecular flexibility index (Phi) is 8.36. The van der Waals surface area contributed by atoms with Crippen LogP contribution in [0.5, 0.6) is 11.5 Å². The Morgan fingerprint density at radius 1 is 1.06 bits per heavy atom. The Balaban J connectivity index is 2.04. The number of esters is 2. The third-order valence-corrected chi connectivity index (χ3v) is 4.69. The molecule has 0 spiro atoms. The van der Waals surface area contributed by atoms with Crippen LogP contribution in [0, 0.1) is 5.92 Å². The number of aromatic hydroxyl groups is 1. The maximum absolute atomic E-state index is 12.5. The van der Waals surface area contributed by atoms with Crippen molar-refractivity contribution in [3.63, 3.8) is 0 Å². The van der Waals surface area contributed by atoms with Crippen molar-refractivity contribution >= 4 is 17.8 Å². The van der Waals surface area contributed by atoms with E-state index in [0.717, 1.165) is 5.56 Å². The van der Waals surface area contributed by atoms with Gasteiger partial charge in [0.15, 0.2) is 17.2 Å². The summed E-state index contributed by atoms with van der Waals surface area (Å²) in [4.78, 5) is 40.9. The molecule has 1 aromatic heterocycles. The van der Waals surface area contributed by atoms with Crippen LogP contribution in [0.1, 0.15) is 29.9 Å². The fourth-order valence-corrected chi connectivity index (χ4v) is 2.92. The minimum atomic E-state index is -1.06. The lowest BCUT2D eigenvalue weighted by Gasteiger charge is -2.24. The second kappa shape index (κ2) is 11.0. The van der Waals surface area contributed by atoms with E-state index in [2.05, 4.69) is 10.3 Å². The van der Waals surface area contributed by atoms with Crippen LogP contribution in [0.15, 0.2) is 42.6 Å². The summed E-state index contributed by atoms with van der Waals surface area (Å²) in [5.74, 6) is -3.11. The summed E-state index contributed by atoms with van der Waals surface area (Å²) in [5, 5.41) is 12.5. The van der Waals surface area contributed by atoms with Gasteiger partial charge < -0.3 is 24.6 Å². The van der Waals surface area contributed by atoms with Crippen molar-refractivity contribution in [1.29, 1.82) is 0 Å². The third kappa shape index (κ3) is 6.18. The van der Waals surface area contributed by atoms with Gasteiger partial charge >= 0.3 is 11.9 Å². The molecule has 1 amide bonds. The zero-order valence-electron chi connectivity index (χ0n) is 17.8. The zero-order chi connectivity index (χ0) is 23.0. The number of hydrogen-bond acceptors (Lipinski definition) is 8. The van der Waals surface area contributed by atoms with Gasteiger partial charge in [0.25, 0.3) is 5.91 Å². The van der Waals surface area contributed by atoms with Crippen LogP contribution < -0.4 is 10.1 Å². The Hall–Kier alpha value is -3.62. The molecule has 0 bridgehead atoms. The molecule has 0 fully saturated rings. The minimum Gasteiger partial charge on any atom is -0.503 e. The van der Waals surface area contributed by atoms with Crippen molar-refractivity contribution in [3.8, 4) is 11.5 Å². The van der Waals surface area contributed by atoms with Gasteiger partial charge in [-0.05, 0) is 25.8 Å². The number of carbonyl (C=O) groups is 3. The first kappa shape index (κ1) is 23.7. The summed E-state index contributed by atoms with van der Waals surface area (Å²) >= 11 is 0. The fraction of sp³-hybridized carbons (Fsp3) is 0.364. The molecule has 9 nitrogen and oxygen atoms in total. The number of ether oxygens (including phenoxy) is 3. The predicted octanol–water partition coefficient (Wildman–Crippen LogP) is 1.88. The number of aromatic nitrogens is 1. The molecule has 0 unspecified atom stereocenters. The van der Waals surface area contributed by atoms with E-state index < -0.39 is 41.7 Å². The third-order valence-electron chi connectivity index (χ3n) is 4.69. The SMILES string of the molecule is COC(=O)[C@@H](Cc1ccccc1)[C@H](C)OC(=O)[C@H](C)NC(=O)c1nccc(OC)c1O. The number of pyridine rings is 1. The van der Waals surface area contributed by atoms with Gasteiger partial charge in [-0.1, -0.05) is 30.3 Å². The lowest BCUT2D eigenvalue weighted by atomic mass is 9.94. The lowest BCUT2D eigenvalue weighted by Crippen LogP contribution is -2.43. The highest BCUT2D eigenvalue weighted by atomic mass is 16.6. The van der Waals surface area contributed by atoms with Crippen molar-refractivity contribution in [2.45, 2.75) is 32.4 Å². The molecule has 31 heavy (non-hydrogen) atoms. The monoisotopic (exact) mass is 430 g/mol. The van der Waals surface area contributed by atoms with Crippen LogP contribution in [0.4, 0.5) is 0 Å². The molecule has 2 aromatic rings. The van der Waals surface area contributed by atoms with Gasteiger partial charge in [-0.15, -0.1) is 0 Å². The molecule has 1 aromatic carbocycles. The molecule has 2 rings (SSSR count). The lowest BCUT2D eigenvalue weighted by molar-refractivity contribution is -0.160. The molecule has 3 atom stereocenters. The molecule has 0 radical (unpaired) electrons. The Labute approximate surface area is 180 Å². The van der Waals surface area contributed by atoms with Gasteiger partial charge in [0.1, 0.15) is 12.1 Å². The Morgan fingerprint density at radius 3 is 2.35 bits per heavy atom. The first-order valence-corrected chi connectivity index (χ1v) is 9.63. The van der Waals surface area contributed by atoms with E-state index in [0.29, 0.717) is 6.42 Å². The number of nitrogens with zero attached hydrogens (tertiary/aromatic N) is 1. The van der Waals surface area contributed by atoms with Gasteiger partial charge in [-0.3, -0.25) is 9.59 Å². The van der Waals surface area contributed by atoms with E-state index in [9.17, 15) is 19.5 Å². The molecular weight excluding hydrogens is 404 g/mol. The van der Waals surface area contributed by atoms with E-state index >= 15 is 0 Å². The summed E-state index contributed by atoms with van der Waals surface area (Å²) in [6.07, 6.45) is 0.816. The minimum absolute atomic E-state index is 0.0748. The van der Waals surface area contributed by atoms with E-state index in [1.807, 2.05) is 30.3 Å². The number of benzene rings is 1. The Morgan fingerprint density at radius 2 is 1.74 bits per heavy atom. The van der Waals surface area contributed by atoms with Crippen molar-refractivity contribution in [2.24, 2.45) is 5.92 Å². The maximum atomic E-state index is 12.5. The van der Waals surface area contributed by atoms with Gasteiger partial charge in [0.2, 0.25) is 0 Å². The van der Waals surface area contributed by atoms with E-state index in [-0.39, 0.29) is 11.4 Å². The molecule has 1 heterocycles. The van der Waals surface area contributed by atoms with Gasteiger partial charge in [0.05, 0.1) is 20.1 Å². The average Bonchev–Trinajstić information content (AvgIpc) is 2.77. The van der Waals surface area contributed by atoms with Crippen molar-refractivity contribution in [2.75, 3.05) is 14.2 Å². The Bertz CT molecular complexity index is 917. The highest BCUT2D eigenvalue weighted by Gasteiger charge is 2.31. The molecule has 0 saturated heterocycles. The van der Waals surface area contributed by atoms with Crippen molar-refractivity contribution in [3.05, 3.63) is 53.9 Å².